The van der Waals surface area contributed by atoms with E-state index >= 15 is 0 Å². The number of allylic oxidation sites excluding steroid dienone is 3. The van der Waals surface area contributed by atoms with Gasteiger partial charge in [0.2, 0.25) is 0 Å². The van der Waals surface area contributed by atoms with Crippen LogP contribution in [-0.4, -0.2) is 31.9 Å². The molecule has 0 aromatic heterocycles. The Labute approximate surface area is 103 Å². The molecular formula is C13H12O5. The summed E-state index contributed by atoms with van der Waals surface area (Å²) in [6.45, 7) is 0. The van der Waals surface area contributed by atoms with E-state index in [0.29, 0.717) is 0 Å². The summed E-state index contributed by atoms with van der Waals surface area (Å²) in [6, 6.07) is 0. The maximum Gasteiger partial charge on any atom is 0.317 e. The second-order valence-corrected chi connectivity index (χ2v) is 4.80. The second kappa shape index (κ2) is 3.10. The Morgan fingerprint density at radius 3 is 2.44 bits per heavy atom. The van der Waals surface area contributed by atoms with Crippen LogP contribution in [0.25, 0.3) is 0 Å². The quantitative estimate of drug-likeness (QED) is 0.518. The van der Waals surface area contributed by atoms with Crippen molar-refractivity contribution in [2.75, 3.05) is 14.2 Å². The third-order valence-corrected chi connectivity index (χ3v) is 4.43. The molecule has 0 N–H and O–H groups in total. The van der Waals surface area contributed by atoms with Crippen LogP contribution in [0, 0.1) is 22.7 Å². The molecule has 0 aromatic carbocycles. The van der Waals surface area contributed by atoms with Crippen LogP contribution < -0.4 is 0 Å². The average molecular weight is 248 g/mol. The zero-order valence-electron chi connectivity index (χ0n) is 10.0. The van der Waals surface area contributed by atoms with E-state index in [9.17, 15) is 14.4 Å². The van der Waals surface area contributed by atoms with E-state index in [-0.39, 0.29) is 11.7 Å². The normalized spacial score (nSPS) is 42.4. The molecule has 4 unspecified atom stereocenters. The first-order valence-electron chi connectivity index (χ1n) is 5.65. The summed E-state index contributed by atoms with van der Waals surface area (Å²) in [5.41, 5.74) is -2.16. The minimum atomic E-state index is -1.11. The minimum Gasteiger partial charge on any atom is -0.469 e. The molecule has 0 radical (unpaired) electrons. The number of hydrogen-bond acceptors (Lipinski definition) is 5. The van der Waals surface area contributed by atoms with Gasteiger partial charge in [0.05, 0.1) is 20.1 Å². The molecule has 0 saturated heterocycles. The Morgan fingerprint density at radius 1 is 1.17 bits per heavy atom. The van der Waals surface area contributed by atoms with Gasteiger partial charge in [-0.15, -0.1) is 0 Å². The molecule has 3 aliphatic carbocycles. The van der Waals surface area contributed by atoms with Gasteiger partial charge in [-0.25, -0.2) is 0 Å². The van der Waals surface area contributed by atoms with Gasteiger partial charge in [0.15, 0.2) is 5.78 Å². The highest BCUT2D eigenvalue weighted by Crippen LogP contribution is 2.79. The number of esters is 2. The van der Waals surface area contributed by atoms with Crippen LogP contribution in [0.1, 0.15) is 0 Å². The summed E-state index contributed by atoms with van der Waals surface area (Å²) in [5, 5.41) is 0. The smallest absolute Gasteiger partial charge is 0.317 e. The molecule has 1 fully saturated rings. The van der Waals surface area contributed by atoms with Gasteiger partial charge in [0.25, 0.3) is 0 Å². The number of hydrogen-bond donors (Lipinski definition) is 0. The van der Waals surface area contributed by atoms with Gasteiger partial charge in [-0.05, 0) is 6.08 Å². The highest BCUT2D eigenvalue weighted by molar-refractivity contribution is 6.10. The summed E-state index contributed by atoms with van der Waals surface area (Å²) in [5.74, 6) is -2.13. The summed E-state index contributed by atoms with van der Waals surface area (Å²) in [6.07, 6.45) is 6.31. The number of ketones is 1. The fourth-order valence-corrected chi connectivity index (χ4v) is 3.68. The van der Waals surface area contributed by atoms with Crippen LogP contribution in [0.3, 0.4) is 0 Å². The van der Waals surface area contributed by atoms with E-state index in [0.717, 1.165) is 0 Å². The highest BCUT2D eigenvalue weighted by Gasteiger charge is 2.89. The van der Waals surface area contributed by atoms with Crippen molar-refractivity contribution in [1.82, 2.24) is 0 Å². The van der Waals surface area contributed by atoms with Crippen molar-refractivity contribution < 1.29 is 23.9 Å². The zero-order valence-corrected chi connectivity index (χ0v) is 10.0. The lowest BCUT2D eigenvalue weighted by atomic mass is 9.75. The van der Waals surface area contributed by atoms with E-state index in [1.807, 2.05) is 0 Å². The third kappa shape index (κ3) is 0.825. The van der Waals surface area contributed by atoms with Crippen LogP contribution in [0.5, 0.6) is 0 Å². The van der Waals surface area contributed by atoms with Crippen LogP contribution in [-0.2, 0) is 23.9 Å². The standard InChI is InChI=1S/C13H12O5/c1-17-10(15)12-6-5-8(14)7-3-4-9(12)13(7,12)11(16)18-2/h3-7,9H,1-2H3. The number of rotatable bonds is 2. The Hall–Kier alpha value is -1.91. The Bertz CT molecular complexity index is 531. The molecule has 0 aromatic rings. The largest absolute Gasteiger partial charge is 0.469 e. The monoisotopic (exact) mass is 248 g/mol. The fourth-order valence-electron chi connectivity index (χ4n) is 3.68. The molecule has 0 amide bonds. The number of carbonyl (C=O) groups is 3. The van der Waals surface area contributed by atoms with Gasteiger partial charge < -0.3 is 9.47 Å². The molecule has 0 bridgehead atoms. The zero-order chi connectivity index (χ0) is 13.1. The first kappa shape index (κ1) is 11.2. The molecule has 3 aliphatic rings. The van der Waals surface area contributed by atoms with Crippen molar-refractivity contribution in [3.63, 3.8) is 0 Å². The van der Waals surface area contributed by atoms with Crippen molar-refractivity contribution in [3.05, 3.63) is 24.3 Å². The predicted octanol–water partition coefficient (Wildman–Crippen LogP) is 0.260. The van der Waals surface area contributed by atoms with Crippen LogP contribution in [0.2, 0.25) is 0 Å². The molecule has 5 nitrogen and oxygen atoms in total. The van der Waals surface area contributed by atoms with Gasteiger partial charge in [0.1, 0.15) is 10.8 Å². The summed E-state index contributed by atoms with van der Waals surface area (Å²) < 4.78 is 9.61. The molecule has 4 atom stereocenters. The maximum atomic E-state index is 12.1. The SMILES string of the molecule is COC(=O)C12C=CC(=O)C3C=CC1C32C(=O)OC. The van der Waals surface area contributed by atoms with Gasteiger partial charge in [-0.1, -0.05) is 18.2 Å². The summed E-state index contributed by atoms with van der Waals surface area (Å²) in [4.78, 5) is 36.0. The number of methoxy groups -OCH3 is 2. The Balaban J connectivity index is 2.19. The summed E-state index contributed by atoms with van der Waals surface area (Å²) in [7, 11) is 2.54. The van der Waals surface area contributed by atoms with Crippen molar-refractivity contribution in [1.29, 1.82) is 0 Å². The molecule has 0 heterocycles. The van der Waals surface area contributed by atoms with Crippen molar-refractivity contribution >= 4 is 17.7 Å². The molecule has 3 rings (SSSR count). The lowest BCUT2D eigenvalue weighted by Gasteiger charge is -2.27. The van der Waals surface area contributed by atoms with Crippen molar-refractivity contribution in [2.24, 2.45) is 22.7 Å². The average Bonchev–Trinajstić information content (AvgIpc) is 2.77. The predicted molar refractivity (Wildman–Crippen MR) is 59.2 cm³/mol. The van der Waals surface area contributed by atoms with Crippen LogP contribution in [0.15, 0.2) is 24.3 Å². The Kier molecular flexibility index (Phi) is 1.93. The number of ether oxygens (including phenoxy) is 2. The van der Waals surface area contributed by atoms with Gasteiger partial charge in [-0.2, -0.15) is 0 Å². The van der Waals surface area contributed by atoms with E-state index in [2.05, 4.69) is 0 Å². The molecule has 0 aliphatic heterocycles. The fraction of sp³-hybridized carbons (Fsp3) is 0.462. The first-order valence-corrected chi connectivity index (χ1v) is 5.65. The van der Waals surface area contributed by atoms with E-state index in [1.165, 1.54) is 26.4 Å². The summed E-state index contributed by atoms with van der Waals surface area (Å²) >= 11 is 0. The van der Waals surface area contributed by atoms with E-state index in [4.69, 9.17) is 9.47 Å². The number of carbonyl (C=O) groups excluding carboxylic acids is 3. The molecule has 94 valence electrons. The number of fused-ring (bicyclic) bond motifs is 1. The lowest BCUT2D eigenvalue weighted by Crippen LogP contribution is -2.40. The van der Waals surface area contributed by atoms with E-state index < -0.39 is 28.7 Å². The van der Waals surface area contributed by atoms with Crippen LogP contribution in [0.4, 0.5) is 0 Å². The minimum absolute atomic E-state index is 0.170. The maximum absolute atomic E-state index is 12.1. The first-order chi connectivity index (χ1) is 8.57. The molecule has 1 saturated carbocycles. The highest BCUT2D eigenvalue weighted by atomic mass is 16.5. The van der Waals surface area contributed by atoms with Gasteiger partial charge in [-0.3, -0.25) is 14.4 Å². The van der Waals surface area contributed by atoms with Crippen molar-refractivity contribution in [3.8, 4) is 0 Å². The topological polar surface area (TPSA) is 69.7 Å². The molecule has 0 spiro atoms. The van der Waals surface area contributed by atoms with Gasteiger partial charge >= 0.3 is 11.9 Å². The third-order valence-electron chi connectivity index (χ3n) is 4.43. The Morgan fingerprint density at radius 2 is 1.83 bits per heavy atom. The molecule has 18 heavy (non-hydrogen) atoms. The van der Waals surface area contributed by atoms with Crippen LogP contribution >= 0.6 is 0 Å². The second-order valence-electron chi connectivity index (χ2n) is 4.80. The van der Waals surface area contributed by atoms with E-state index in [1.54, 1.807) is 12.2 Å². The molecule has 5 heteroatoms. The van der Waals surface area contributed by atoms with Crippen molar-refractivity contribution in [2.45, 2.75) is 0 Å². The lowest BCUT2D eigenvalue weighted by molar-refractivity contribution is -0.158. The molecular weight excluding hydrogens is 236 g/mol. The van der Waals surface area contributed by atoms with Gasteiger partial charge in [0, 0.05) is 5.92 Å².